The van der Waals surface area contributed by atoms with Crippen LogP contribution < -0.4 is 10.2 Å². The molecule has 0 aliphatic carbocycles. The van der Waals surface area contributed by atoms with Gasteiger partial charge in [-0.3, -0.25) is 0 Å². The van der Waals surface area contributed by atoms with Crippen LogP contribution in [0, 0.1) is 0 Å². The third-order valence-electron chi connectivity index (χ3n) is 2.75. The molecule has 0 amide bonds. The number of H-pyrrole nitrogens is 1. The first-order valence-corrected chi connectivity index (χ1v) is 7.09. The van der Waals surface area contributed by atoms with Gasteiger partial charge in [0.2, 0.25) is 15.8 Å². The van der Waals surface area contributed by atoms with Gasteiger partial charge in [-0.25, -0.2) is 13.1 Å². The Kier molecular flexibility index (Phi) is 4.22. The second-order valence-corrected chi connectivity index (χ2v) is 5.83. The Hall–Kier alpha value is -1.99. The van der Waals surface area contributed by atoms with Crippen LogP contribution in [-0.2, 0) is 16.2 Å². The Morgan fingerprint density at radius 1 is 1.36 bits per heavy atom. The molecule has 2 rings (SSSR count). The molecule has 0 aliphatic heterocycles. The van der Waals surface area contributed by atoms with Crippen molar-refractivity contribution in [3.8, 4) is 11.4 Å². The third kappa shape index (κ3) is 2.82. The highest BCUT2D eigenvalue weighted by atomic mass is 32.2. The van der Waals surface area contributed by atoms with Crippen LogP contribution in [0.25, 0.3) is 11.4 Å². The fourth-order valence-electron chi connectivity index (χ4n) is 1.83. The van der Waals surface area contributed by atoms with Crippen molar-refractivity contribution in [2.24, 2.45) is 0 Å². The lowest BCUT2D eigenvalue weighted by Gasteiger charge is -2.18. The van der Waals surface area contributed by atoms with E-state index in [0.717, 1.165) is 19.2 Å². The zero-order chi connectivity index (χ0) is 16.5. The maximum atomic E-state index is 13.4. The minimum Gasteiger partial charge on any atom is -0.450 e. The van der Waals surface area contributed by atoms with Gasteiger partial charge in [-0.05, 0) is 23.8 Å². The number of aromatic nitrogens is 4. The summed E-state index contributed by atoms with van der Waals surface area (Å²) in [5.41, 5.74) is -2.49. The van der Waals surface area contributed by atoms with Crippen LogP contribution in [0.15, 0.2) is 17.0 Å². The van der Waals surface area contributed by atoms with Crippen molar-refractivity contribution in [3.63, 3.8) is 0 Å². The molecule has 0 unspecified atom stereocenters. The van der Waals surface area contributed by atoms with Gasteiger partial charge >= 0.3 is 13.7 Å². The second kappa shape index (κ2) is 5.66. The van der Waals surface area contributed by atoms with Gasteiger partial charge in [-0.15, -0.1) is 10.2 Å². The SMILES string of the molecule is CNS(=O)(=O)c1ccc([B]O)c(-c2nn[nH]n2)c1C(F)(F)F. The number of sulfonamides is 1. The number of aromatic amines is 1. The van der Waals surface area contributed by atoms with Crippen molar-refractivity contribution in [3.05, 3.63) is 17.7 Å². The second-order valence-electron chi connectivity index (χ2n) is 3.97. The maximum Gasteiger partial charge on any atom is 0.418 e. The van der Waals surface area contributed by atoms with Gasteiger partial charge in [0.15, 0.2) is 0 Å². The fraction of sp³-hybridized carbons (Fsp3) is 0.222. The van der Waals surface area contributed by atoms with Crippen LogP contribution in [0.1, 0.15) is 5.56 Å². The molecule has 0 atom stereocenters. The standard InChI is InChI=1S/C9H8BF3N5O3S/c1-14-22(20,21)5-3-2-4(10-19)6(7(5)9(11,12)13)8-15-17-18-16-8/h2-3,14,19H,1H3,(H,15,16,17,18). The molecule has 1 heterocycles. The molecule has 1 aromatic carbocycles. The number of nitrogens with one attached hydrogen (secondary N) is 2. The monoisotopic (exact) mass is 334 g/mol. The zero-order valence-electron chi connectivity index (χ0n) is 10.9. The number of hydrogen-bond acceptors (Lipinski definition) is 6. The Morgan fingerprint density at radius 3 is 2.50 bits per heavy atom. The Morgan fingerprint density at radius 2 is 2.05 bits per heavy atom. The van der Waals surface area contributed by atoms with Gasteiger partial charge < -0.3 is 5.02 Å². The van der Waals surface area contributed by atoms with E-state index >= 15 is 0 Å². The lowest BCUT2D eigenvalue weighted by molar-refractivity contribution is -0.139. The van der Waals surface area contributed by atoms with Gasteiger partial charge in [0.25, 0.3) is 0 Å². The number of alkyl halides is 3. The normalized spacial score (nSPS) is 12.4. The summed E-state index contributed by atoms with van der Waals surface area (Å²) in [6.07, 6.45) is -5.03. The molecule has 0 aliphatic rings. The van der Waals surface area contributed by atoms with E-state index in [-0.39, 0.29) is 5.46 Å². The summed E-state index contributed by atoms with van der Waals surface area (Å²) in [7, 11) is -3.02. The van der Waals surface area contributed by atoms with E-state index in [4.69, 9.17) is 5.02 Å². The summed E-state index contributed by atoms with van der Waals surface area (Å²) in [5, 5.41) is 21.1. The summed E-state index contributed by atoms with van der Waals surface area (Å²) in [4.78, 5) is -1.01. The van der Waals surface area contributed by atoms with Crippen LogP contribution in [-0.4, -0.2) is 48.6 Å². The average molecular weight is 334 g/mol. The number of halogens is 3. The molecule has 0 saturated heterocycles. The molecule has 0 spiro atoms. The van der Waals surface area contributed by atoms with Crippen LogP contribution in [0.3, 0.4) is 0 Å². The third-order valence-corrected chi connectivity index (χ3v) is 4.21. The summed E-state index contributed by atoms with van der Waals surface area (Å²) < 4.78 is 65.7. The molecule has 3 N–H and O–H groups in total. The van der Waals surface area contributed by atoms with Gasteiger partial charge in [0, 0.05) is 5.56 Å². The van der Waals surface area contributed by atoms with Crippen LogP contribution in [0.2, 0.25) is 0 Å². The molecule has 0 fully saturated rings. The Bertz CT molecular complexity index is 779. The van der Waals surface area contributed by atoms with E-state index in [1.807, 2.05) is 9.94 Å². The van der Waals surface area contributed by atoms with Gasteiger partial charge in [-0.1, -0.05) is 6.07 Å². The molecular formula is C9H8BF3N5O3S. The Balaban J connectivity index is 2.94. The summed E-state index contributed by atoms with van der Waals surface area (Å²) in [6, 6.07) is 1.74. The van der Waals surface area contributed by atoms with E-state index in [1.165, 1.54) is 0 Å². The van der Waals surface area contributed by atoms with E-state index in [2.05, 4.69) is 15.4 Å². The minimum absolute atomic E-state index is 0.302. The Labute approximate surface area is 123 Å². The predicted molar refractivity (Wildman–Crippen MR) is 68.5 cm³/mol. The summed E-state index contributed by atoms with van der Waals surface area (Å²) in [5.74, 6) is -0.499. The van der Waals surface area contributed by atoms with Crippen molar-refractivity contribution < 1.29 is 26.6 Å². The molecule has 0 bridgehead atoms. The van der Waals surface area contributed by atoms with Crippen molar-refractivity contribution in [2.45, 2.75) is 11.1 Å². The van der Waals surface area contributed by atoms with E-state index in [9.17, 15) is 21.6 Å². The first kappa shape index (κ1) is 16.4. The number of rotatable bonds is 4. The zero-order valence-corrected chi connectivity index (χ0v) is 11.7. The van der Waals surface area contributed by atoms with E-state index < -0.39 is 38.0 Å². The maximum absolute atomic E-state index is 13.4. The molecule has 2 aromatic rings. The molecule has 22 heavy (non-hydrogen) atoms. The summed E-state index contributed by atoms with van der Waals surface area (Å²) in [6.45, 7) is 0. The van der Waals surface area contributed by atoms with Crippen molar-refractivity contribution in [1.29, 1.82) is 0 Å². The van der Waals surface area contributed by atoms with E-state index in [0.29, 0.717) is 7.48 Å². The predicted octanol–water partition coefficient (Wildman–Crippen LogP) is -0.970. The number of benzene rings is 1. The van der Waals surface area contributed by atoms with Crippen LogP contribution in [0.4, 0.5) is 13.2 Å². The molecule has 13 heteroatoms. The lowest BCUT2D eigenvalue weighted by atomic mass is 9.82. The van der Waals surface area contributed by atoms with Crippen LogP contribution in [0.5, 0.6) is 0 Å². The quantitative estimate of drug-likeness (QED) is 0.619. The average Bonchev–Trinajstić information content (AvgIpc) is 2.98. The number of nitrogens with zero attached hydrogens (tertiary/aromatic N) is 3. The largest absolute Gasteiger partial charge is 0.450 e. The van der Waals surface area contributed by atoms with Crippen LogP contribution >= 0.6 is 0 Å². The highest BCUT2D eigenvalue weighted by molar-refractivity contribution is 7.89. The summed E-state index contributed by atoms with van der Waals surface area (Å²) >= 11 is 0. The molecule has 1 aromatic heterocycles. The molecule has 117 valence electrons. The van der Waals surface area contributed by atoms with Crippen molar-refractivity contribution >= 4 is 23.0 Å². The first-order valence-electron chi connectivity index (χ1n) is 5.61. The molecule has 8 nitrogen and oxygen atoms in total. The van der Waals surface area contributed by atoms with Gasteiger partial charge in [0.05, 0.1) is 10.5 Å². The topological polar surface area (TPSA) is 121 Å². The molecule has 0 saturated carbocycles. The lowest BCUT2D eigenvalue weighted by Crippen LogP contribution is -2.28. The van der Waals surface area contributed by atoms with E-state index in [1.54, 1.807) is 0 Å². The highest BCUT2D eigenvalue weighted by Gasteiger charge is 2.41. The molecular weight excluding hydrogens is 326 g/mol. The number of tetrazole rings is 1. The van der Waals surface area contributed by atoms with Gasteiger partial charge in [-0.2, -0.15) is 18.4 Å². The fourth-order valence-corrected chi connectivity index (χ4v) is 2.78. The smallest absolute Gasteiger partial charge is 0.418 e. The van der Waals surface area contributed by atoms with Crippen molar-refractivity contribution in [2.75, 3.05) is 7.05 Å². The first-order chi connectivity index (χ1) is 10.2. The van der Waals surface area contributed by atoms with Gasteiger partial charge in [0.1, 0.15) is 0 Å². The highest BCUT2D eigenvalue weighted by Crippen LogP contribution is 2.39. The number of hydrogen-bond donors (Lipinski definition) is 3. The molecule has 1 radical (unpaired) electrons. The van der Waals surface area contributed by atoms with Crippen molar-refractivity contribution in [1.82, 2.24) is 25.3 Å². The minimum atomic E-state index is -5.03.